The van der Waals surface area contributed by atoms with Gasteiger partial charge in [-0.15, -0.1) is 0 Å². The van der Waals surface area contributed by atoms with Crippen LogP contribution in [0.4, 0.5) is 0 Å². The molecule has 4 nitrogen and oxygen atoms in total. The summed E-state index contributed by atoms with van der Waals surface area (Å²) in [4.78, 5) is 4.43. The Labute approximate surface area is 396 Å². The fourth-order valence-electron chi connectivity index (χ4n) is 10.0. The lowest BCUT2D eigenvalue weighted by molar-refractivity contribution is 1.12. The highest BCUT2D eigenvalue weighted by atomic mass is 15.0. The average Bonchev–Trinajstić information content (AvgIpc) is 3.88. The minimum atomic E-state index is 0.573. The van der Waals surface area contributed by atoms with Crippen molar-refractivity contribution in [3.05, 3.63) is 234 Å². The summed E-state index contributed by atoms with van der Waals surface area (Å²) in [5, 5.41) is 16.4. The third kappa shape index (κ3) is 6.96. The van der Waals surface area contributed by atoms with Gasteiger partial charge in [-0.1, -0.05) is 168 Å². The predicted molar refractivity (Wildman–Crippen MR) is 284 cm³/mol. The van der Waals surface area contributed by atoms with E-state index in [1.165, 1.54) is 22.3 Å². The maximum atomic E-state index is 11.9. The smallest absolute Gasteiger partial charge is 0.104 e. The SMILES string of the molecule is Cc1ccc(-c2ccc3c4ccc(-c5ccc(C)cc5)cc4n(-c4cc(-c5ccncc5)cc(-n5c6cc(-c7ccc(C)cc7)ccc6c6ccc(-c7ccc(C)cc7)cc65)c4C#N)c3c2)cc1. The molecule has 0 N–H and O–H groups in total. The Hall–Kier alpha value is -8.78. The predicted octanol–water partition coefficient (Wildman–Crippen LogP) is 16.7. The number of nitrogens with zero attached hydrogens (tertiary/aromatic N) is 4. The molecular weight excluding hydrogens is 825 g/mol. The second-order valence-electron chi connectivity index (χ2n) is 18.3. The van der Waals surface area contributed by atoms with Gasteiger partial charge < -0.3 is 9.13 Å². The zero-order valence-electron chi connectivity index (χ0n) is 38.4. The normalized spacial score (nSPS) is 11.5. The quantitative estimate of drug-likeness (QED) is 0.160. The Balaban J connectivity index is 1.21. The molecule has 12 rings (SSSR count). The first-order chi connectivity index (χ1) is 33.3. The average molecular weight is 871 g/mol. The maximum Gasteiger partial charge on any atom is 0.104 e. The van der Waals surface area contributed by atoms with Crippen LogP contribution in [0.3, 0.4) is 0 Å². The number of pyridine rings is 1. The first-order valence-corrected chi connectivity index (χ1v) is 23.2. The van der Waals surface area contributed by atoms with Crippen LogP contribution in [0.25, 0.3) is 111 Å². The molecule has 9 aromatic carbocycles. The van der Waals surface area contributed by atoms with Crippen molar-refractivity contribution in [2.24, 2.45) is 0 Å². The lowest BCUT2D eigenvalue weighted by atomic mass is 10.00. The molecule has 0 aliphatic carbocycles. The van der Waals surface area contributed by atoms with Gasteiger partial charge in [0.15, 0.2) is 0 Å². The highest BCUT2D eigenvalue weighted by Gasteiger charge is 2.24. The van der Waals surface area contributed by atoms with E-state index < -0.39 is 0 Å². The monoisotopic (exact) mass is 870 g/mol. The van der Waals surface area contributed by atoms with E-state index in [9.17, 15) is 5.26 Å². The van der Waals surface area contributed by atoms with E-state index in [0.29, 0.717) is 5.56 Å². The van der Waals surface area contributed by atoms with Gasteiger partial charge in [0.25, 0.3) is 0 Å². The van der Waals surface area contributed by atoms with Crippen LogP contribution in [0.2, 0.25) is 0 Å². The van der Waals surface area contributed by atoms with Gasteiger partial charge in [-0.05, 0) is 132 Å². The van der Waals surface area contributed by atoms with Crippen LogP contribution in [0.1, 0.15) is 27.8 Å². The van der Waals surface area contributed by atoms with Crippen LogP contribution in [0.15, 0.2) is 207 Å². The van der Waals surface area contributed by atoms with Crippen molar-refractivity contribution in [2.45, 2.75) is 27.7 Å². The minimum Gasteiger partial charge on any atom is -0.308 e. The Morgan fingerprint density at radius 3 is 0.853 bits per heavy atom. The van der Waals surface area contributed by atoms with Gasteiger partial charge in [-0.25, -0.2) is 0 Å². The third-order valence-corrected chi connectivity index (χ3v) is 13.8. The van der Waals surface area contributed by atoms with Crippen molar-refractivity contribution in [3.8, 4) is 73.1 Å². The fourth-order valence-corrected chi connectivity index (χ4v) is 10.0. The molecule has 0 amide bonds. The molecule has 0 saturated heterocycles. The van der Waals surface area contributed by atoms with Crippen LogP contribution in [-0.4, -0.2) is 14.1 Å². The van der Waals surface area contributed by atoms with Crippen LogP contribution in [-0.2, 0) is 0 Å². The van der Waals surface area contributed by atoms with Crippen LogP contribution >= 0.6 is 0 Å². The second kappa shape index (κ2) is 16.3. The summed E-state index contributed by atoms with van der Waals surface area (Å²) < 4.78 is 4.69. The second-order valence-corrected chi connectivity index (χ2v) is 18.3. The van der Waals surface area contributed by atoms with Gasteiger partial charge in [0.2, 0.25) is 0 Å². The summed E-state index contributed by atoms with van der Waals surface area (Å²) in [5.74, 6) is 0. The van der Waals surface area contributed by atoms with Crippen molar-refractivity contribution in [3.63, 3.8) is 0 Å². The molecule has 4 heteroatoms. The summed E-state index contributed by atoms with van der Waals surface area (Å²) in [6.45, 7) is 8.49. The van der Waals surface area contributed by atoms with Crippen molar-refractivity contribution >= 4 is 43.6 Å². The van der Waals surface area contributed by atoms with Crippen molar-refractivity contribution in [1.29, 1.82) is 5.26 Å². The highest BCUT2D eigenvalue weighted by molar-refractivity contribution is 6.13. The van der Waals surface area contributed by atoms with Crippen molar-refractivity contribution < 1.29 is 0 Å². The van der Waals surface area contributed by atoms with E-state index in [-0.39, 0.29) is 0 Å². The summed E-state index contributed by atoms with van der Waals surface area (Å²) >= 11 is 0. The van der Waals surface area contributed by atoms with E-state index in [1.54, 1.807) is 0 Å². The van der Waals surface area contributed by atoms with Gasteiger partial charge in [-0.2, -0.15) is 5.26 Å². The summed E-state index contributed by atoms with van der Waals surface area (Å²) in [6.07, 6.45) is 3.69. The van der Waals surface area contributed by atoms with Gasteiger partial charge in [0.1, 0.15) is 11.6 Å². The standard InChI is InChI=1S/C64H46N4/c1-40-5-13-44(14-6-40)49-21-25-54-55-26-22-50(45-15-7-41(2)8-16-45)34-60(55)67(59(54)33-49)63-37-53(48-29-31-66-32-30-48)38-64(58(63)39-65)68-61-35-51(46-17-9-42(3)10-18-46)23-27-56(61)57-28-24-52(36-62(57)68)47-19-11-43(4)12-20-47/h5-38H,1-4H3. The maximum absolute atomic E-state index is 11.9. The van der Waals surface area contributed by atoms with E-state index in [0.717, 1.165) is 111 Å². The van der Waals surface area contributed by atoms with Gasteiger partial charge in [-0.3, -0.25) is 4.98 Å². The molecule has 0 saturated carbocycles. The molecule has 68 heavy (non-hydrogen) atoms. The Morgan fingerprint density at radius 2 is 0.574 bits per heavy atom. The first-order valence-electron chi connectivity index (χ1n) is 23.2. The lowest BCUT2D eigenvalue weighted by Crippen LogP contribution is -2.05. The number of rotatable bonds is 7. The zero-order valence-corrected chi connectivity index (χ0v) is 38.4. The van der Waals surface area contributed by atoms with Gasteiger partial charge in [0, 0.05) is 33.9 Å². The molecule has 12 aromatic rings. The molecule has 0 radical (unpaired) electrons. The molecule has 0 bridgehead atoms. The number of hydrogen-bond acceptors (Lipinski definition) is 2. The molecule has 0 fully saturated rings. The number of fused-ring (bicyclic) bond motifs is 6. The van der Waals surface area contributed by atoms with E-state index >= 15 is 0 Å². The van der Waals surface area contributed by atoms with Crippen LogP contribution < -0.4 is 0 Å². The number of aryl methyl sites for hydroxylation is 4. The lowest BCUT2D eigenvalue weighted by Gasteiger charge is -2.19. The van der Waals surface area contributed by atoms with E-state index in [1.807, 2.05) is 12.4 Å². The van der Waals surface area contributed by atoms with Crippen molar-refractivity contribution in [2.75, 3.05) is 0 Å². The highest BCUT2D eigenvalue weighted by Crippen LogP contribution is 2.43. The number of aromatic nitrogens is 3. The molecule has 0 unspecified atom stereocenters. The molecule has 3 aromatic heterocycles. The first kappa shape index (κ1) is 40.7. The molecule has 3 heterocycles. The number of hydrogen-bond donors (Lipinski definition) is 0. The van der Waals surface area contributed by atoms with E-state index in [2.05, 4.69) is 242 Å². The third-order valence-electron chi connectivity index (χ3n) is 13.8. The minimum absolute atomic E-state index is 0.573. The summed E-state index contributed by atoms with van der Waals surface area (Å²) in [5.41, 5.74) is 22.1. The number of benzene rings is 9. The zero-order chi connectivity index (χ0) is 46.0. The summed E-state index contributed by atoms with van der Waals surface area (Å²) in [6, 6.07) is 73.4. The Kier molecular flexibility index (Phi) is 9.74. The molecule has 0 atom stereocenters. The number of nitriles is 1. The molecular formula is C64H46N4. The Morgan fingerprint density at radius 1 is 0.309 bits per heavy atom. The summed E-state index contributed by atoms with van der Waals surface area (Å²) in [7, 11) is 0. The molecule has 322 valence electrons. The van der Waals surface area contributed by atoms with Gasteiger partial charge in [0.05, 0.1) is 33.4 Å². The molecule has 0 aliphatic rings. The fraction of sp³-hybridized carbons (Fsp3) is 0.0625. The van der Waals surface area contributed by atoms with Crippen molar-refractivity contribution in [1.82, 2.24) is 14.1 Å². The Bertz CT molecular complexity index is 3520. The van der Waals surface area contributed by atoms with Gasteiger partial charge >= 0.3 is 0 Å². The molecule has 0 spiro atoms. The van der Waals surface area contributed by atoms with Crippen LogP contribution in [0.5, 0.6) is 0 Å². The van der Waals surface area contributed by atoms with E-state index in [4.69, 9.17) is 0 Å². The topological polar surface area (TPSA) is 46.5 Å². The van der Waals surface area contributed by atoms with Crippen LogP contribution in [0, 0.1) is 39.0 Å². The molecule has 0 aliphatic heterocycles. The largest absolute Gasteiger partial charge is 0.308 e.